The molecule has 2 aromatic carbocycles. The Morgan fingerprint density at radius 2 is 1.64 bits per heavy atom. The van der Waals surface area contributed by atoms with Crippen LogP contribution in [0.3, 0.4) is 0 Å². The van der Waals surface area contributed by atoms with Crippen molar-refractivity contribution in [3.63, 3.8) is 0 Å². The smallest absolute Gasteiger partial charge is 0.309 e. The van der Waals surface area contributed by atoms with E-state index in [2.05, 4.69) is 18.5 Å². The first-order valence-electron chi connectivity index (χ1n) is 15.1. The van der Waals surface area contributed by atoms with Gasteiger partial charge in [-0.1, -0.05) is 72.8 Å². The van der Waals surface area contributed by atoms with Crippen molar-refractivity contribution in [2.45, 2.75) is 69.9 Å². The Morgan fingerprint density at radius 1 is 0.976 bits per heavy atom. The van der Waals surface area contributed by atoms with Crippen molar-refractivity contribution in [2.75, 3.05) is 19.8 Å². The third-order valence-corrected chi connectivity index (χ3v) is 7.87. The predicted molar refractivity (Wildman–Crippen MR) is 165 cm³/mol. The monoisotopic (exact) mass is 574 g/mol. The van der Waals surface area contributed by atoms with E-state index in [0.29, 0.717) is 32.2 Å². The maximum Gasteiger partial charge on any atom is 0.309 e. The van der Waals surface area contributed by atoms with Gasteiger partial charge in [0.25, 0.3) is 0 Å². The van der Waals surface area contributed by atoms with Crippen molar-refractivity contribution in [1.29, 1.82) is 0 Å². The molecule has 7 heteroatoms. The predicted octanol–water partition coefficient (Wildman–Crippen LogP) is 5.04. The number of likely N-dealkylation sites (tertiary alicyclic amines) is 1. The number of carbonyl (C=O) groups excluding carboxylic acids is 3. The molecule has 0 aliphatic carbocycles. The van der Waals surface area contributed by atoms with Crippen LogP contribution in [0.1, 0.15) is 56.1 Å². The molecule has 1 saturated heterocycles. The summed E-state index contributed by atoms with van der Waals surface area (Å²) in [5.74, 6) is -1.59. The number of unbranched alkanes of at least 4 members (excludes halogenated alkanes) is 1. The Labute approximate surface area is 250 Å². The summed E-state index contributed by atoms with van der Waals surface area (Å²) in [5, 5.41) is 12.7. The van der Waals surface area contributed by atoms with Gasteiger partial charge in [-0.25, -0.2) is 0 Å². The van der Waals surface area contributed by atoms with Gasteiger partial charge < -0.3 is 20.1 Å². The number of nitrogens with one attached hydrogen (secondary N) is 1. The molecule has 42 heavy (non-hydrogen) atoms. The van der Waals surface area contributed by atoms with Gasteiger partial charge in [0.15, 0.2) is 0 Å². The van der Waals surface area contributed by atoms with E-state index in [0.717, 1.165) is 36.8 Å². The summed E-state index contributed by atoms with van der Waals surface area (Å²) in [6.07, 6.45) is 8.91. The second kappa shape index (κ2) is 18.0. The second-order valence-electron chi connectivity index (χ2n) is 11.1. The van der Waals surface area contributed by atoms with Gasteiger partial charge in [-0.15, -0.1) is 13.2 Å². The molecule has 0 spiro atoms. The normalized spacial score (nSPS) is 16.7. The fourth-order valence-electron chi connectivity index (χ4n) is 5.55. The minimum Gasteiger partial charge on any atom is -0.463 e. The minimum absolute atomic E-state index is 0.0275. The molecule has 2 amide bonds. The van der Waals surface area contributed by atoms with Crippen molar-refractivity contribution in [3.8, 4) is 0 Å². The lowest BCUT2D eigenvalue weighted by Crippen LogP contribution is -2.45. The van der Waals surface area contributed by atoms with E-state index in [-0.39, 0.29) is 49.4 Å². The number of allylic oxidation sites excluding steroid dienone is 2. The van der Waals surface area contributed by atoms with E-state index >= 15 is 0 Å². The first kappa shape index (κ1) is 32.8. The lowest BCUT2D eigenvalue weighted by molar-refractivity contribution is -0.150. The number of aliphatic hydroxyl groups excluding tert-OH is 1. The molecule has 0 bridgehead atoms. The average molecular weight is 575 g/mol. The summed E-state index contributed by atoms with van der Waals surface area (Å²) < 4.78 is 5.87. The first-order valence-corrected chi connectivity index (χ1v) is 15.1. The van der Waals surface area contributed by atoms with Crippen LogP contribution in [0, 0.1) is 11.8 Å². The van der Waals surface area contributed by atoms with Crippen molar-refractivity contribution < 1.29 is 24.2 Å². The number of amides is 2. The Kier molecular flexibility index (Phi) is 14.0. The van der Waals surface area contributed by atoms with Gasteiger partial charge in [-0.05, 0) is 62.5 Å². The highest BCUT2D eigenvalue weighted by molar-refractivity contribution is 5.86. The zero-order chi connectivity index (χ0) is 30.2. The van der Waals surface area contributed by atoms with Crippen LogP contribution in [0.25, 0.3) is 0 Å². The van der Waals surface area contributed by atoms with Gasteiger partial charge in [-0.2, -0.15) is 0 Å². The number of ether oxygens (including phenoxy) is 1. The van der Waals surface area contributed by atoms with Crippen LogP contribution in [0.2, 0.25) is 0 Å². The Morgan fingerprint density at radius 3 is 2.26 bits per heavy atom. The van der Waals surface area contributed by atoms with Crippen LogP contribution >= 0.6 is 0 Å². The number of rotatable bonds is 18. The molecule has 2 N–H and O–H groups in total. The number of carbonyl (C=O) groups is 3. The molecule has 1 heterocycles. The summed E-state index contributed by atoms with van der Waals surface area (Å²) in [4.78, 5) is 41.6. The first-order chi connectivity index (χ1) is 20.4. The van der Waals surface area contributed by atoms with Gasteiger partial charge >= 0.3 is 5.97 Å². The molecule has 1 aliphatic heterocycles. The van der Waals surface area contributed by atoms with Crippen LogP contribution < -0.4 is 5.32 Å². The molecular formula is C35H46N2O5. The van der Waals surface area contributed by atoms with E-state index in [9.17, 15) is 19.5 Å². The SMILES string of the molecule is C=CCCC[C@H](Cc1ccccc1)C(=O)OC[C@H](Cc1ccccc1)NC(=O)[C@H](CC=C)CC(=O)N1CCC[C@H]1CO. The van der Waals surface area contributed by atoms with E-state index < -0.39 is 12.0 Å². The van der Waals surface area contributed by atoms with Crippen molar-refractivity contribution in [2.24, 2.45) is 11.8 Å². The van der Waals surface area contributed by atoms with Crippen LogP contribution in [-0.4, -0.2) is 59.6 Å². The number of esters is 1. The van der Waals surface area contributed by atoms with Crippen molar-refractivity contribution >= 4 is 17.8 Å². The highest BCUT2D eigenvalue weighted by atomic mass is 16.5. The van der Waals surface area contributed by atoms with Crippen molar-refractivity contribution in [3.05, 3.63) is 97.1 Å². The number of nitrogens with zero attached hydrogens (tertiary/aromatic N) is 1. The average Bonchev–Trinajstić information content (AvgIpc) is 3.49. The highest BCUT2D eigenvalue weighted by Crippen LogP contribution is 2.22. The fourth-order valence-corrected chi connectivity index (χ4v) is 5.55. The van der Waals surface area contributed by atoms with Gasteiger partial charge in [0.05, 0.1) is 30.5 Å². The quantitative estimate of drug-likeness (QED) is 0.148. The molecule has 4 atom stereocenters. The maximum atomic E-state index is 13.5. The zero-order valence-electron chi connectivity index (χ0n) is 24.7. The molecule has 7 nitrogen and oxygen atoms in total. The molecule has 1 aliphatic rings. The Bertz CT molecular complexity index is 1140. The number of hydrogen-bond donors (Lipinski definition) is 2. The van der Waals surface area contributed by atoms with Crippen LogP contribution in [0.5, 0.6) is 0 Å². The molecule has 1 fully saturated rings. The number of aliphatic hydroxyl groups is 1. The molecule has 0 radical (unpaired) electrons. The van der Waals surface area contributed by atoms with Crippen LogP contribution in [-0.2, 0) is 32.0 Å². The van der Waals surface area contributed by atoms with Gasteiger partial charge in [0, 0.05) is 13.0 Å². The Balaban J connectivity index is 1.69. The summed E-state index contributed by atoms with van der Waals surface area (Å²) in [7, 11) is 0. The van der Waals surface area contributed by atoms with Crippen LogP contribution in [0.15, 0.2) is 86.0 Å². The summed E-state index contributed by atoms with van der Waals surface area (Å²) in [6.45, 7) is 8.13. The second-order valence-corrected chi connectivity index (χ2v) is 11.1. The third kappa shape index (κ3) is 10.6. The highest BCUT2D eigenvalue weighted by Gasteiger charge is 2.32. The lowest BCUT2D eigenvalue weighted by Gasteiger charge is -2.26. The summed E-state index contributed by atoms with van der Waals surface area (Å²) in [6, 6.07) is 19.0. The molecule has 226 valence electrons. The van der Waals surface area contributed by atoms with Gasteiger partial charge in [-0.3, -0.25) is 14.4 Å². The number of hydrogen-bond acceptors (Lipinski definition) is 5. The topological polar surface area (TPSA) is 95.9 Å². The van der Waals surface area contributed by atoms with E-state index in [4.69, 9.17) is 4.74 Å². The zero-order valence-corrected chi connectivity index (χ0v) is 24.7. The largest absolute Gasteiger partial charge is 0.463 e. The lowest BCUT2D eigenvalue weighted by atomic mass is 9.94. The third-order valence-electron chi connectivity index (χ3n) is 7.87. The molecule has 0 unspecified atom stereocenters. The van der Waals surface area contributed by atoms with Crippen molar-refractivity contribution in [1.82, 2.24) is 10.2 Å². The van der Waals surface area contributed by atoms with E-state index in [1.165, 1.54) is 0 Å². The Hall–Kier alpha value is -3.71. The fraction of sp³-hybridized carbons (Fsp3) is 0.457. The van der Waals surface area contributed by atoms with E-state index in [1.54, 1.807) is 11.0 Å². The minimum atomic E-state index is -0.603. The van der Waals surface area contributed by atoms with Gasteiger partial charge in [0.2, 0.25) is 11.8 Å². The summed E-state index contributed by atoms with van der Waals surface area (Å²) >= 11 is 0. The molecule has 0 aromatic heterocycles. The molecule has 0 saturated carbocycles. The van der Waals surface area contributed by atoms with E-state index in [1.807, 2.05) is 66.7 Å². The van der Waals surface area contributed by atoms with Crippen LogP contribution in [0.4, 0.5) is 0 Å². The van der Waals surface area contributed by atoms with Gasteiger partial charge in [0.1, 0.15) is 6.61 Å². The summed E-state index contributed by atoms with van der Waals surface area (Å²) in [5.41, 5.74) is 2.08. The standard InChI is InChI=1S/C35H46N2O5/c1-3-5-8-19-30(22-27-15-9-6-10-16-27)35(41)42-26-31(23-28-17-11-7-12-18-28)36-34(40)29(14-4-2)24-33(39)37-21-13-20-32(37)25-38/h3-4,6-7,9-12,15-18,29-32,38H,1-2,5,8,13-14,19-26H2,(H,36,40)/t29-,30-,31+,32+/m1/s1. The number of benzene rings is 2. The molecule has 3 rings (SSSR count). The molecular weight excluding hydrogens is 528 g/mol. The maximum absolute atomic E-state index is 13.5. The molecule has 2 aromatic rings.